The van der Waals surface area contributed by atoms with Gasteiger partial charge in [0.15, 0.2) is 0 Å². The van der Waals surface area contributed by atoms with Crippen molar-refractivity contribution in [3.05, 3.63) is 0 Å². The molecule has 0 aromatic heterocycles. The third-order valence-electron chi connectivity index (χ3n) is 4.01. The number of rotatable bonds is 6. The zero-order valence-corrected chi connectivity index (χ0v) is 11.9. The summed E-state index contributed by atoms with van der Waals surface area (Å²) in [4.78, 5) is 14.1. The fourth-order valence-electron chi connectivity index (χ4n) is 2.89. The Bertz CT molecular complexity index is 280. The molecule has 2 heterocycles. The summed E-state index contributed by atoms with van der Waals surface area (Å²) < 4.78 is 11.2. The van der Waals surface area contributed by atoms with Gasteiger partial charge in [0.05, 0.1) is 25.4 Å². The van der Waals surface area contributed by atoms with Gasteiger partial charge in [-0.1, -0.05) is 6.42 Å². The second-order valence-corrected chi connectivity index (χ2v) is 5.37. The number of nitrogens with zero attached hydrogens (tertiary/aromatic N) is 1. The largest absolute Gasteiger partial charge is 0.377 e. The van der Waals surface area contributed by atoms with Crippen LogP contribution in [0, 0.1) is 0 Å². The molecule has 5 nitrogen and oxygen atoms in total. The highest BCUT2D eigenvalue weighted by Crippen LogP contribution is 2.17. The van der Waals surface area contributed by atoms with Crippen molar-refractivity contribution in [2.24, 2.45) is 0 Å². The highest BCUT2D eigenvalue weighted by molar-refractivity contribution is 5.81. The summed E-state index contributed by atoms with van der Waals surface area (Å²) in [5.74, 6) is 0.138. The summed E-state index contributed by atoms with van der Waals surface area (Å²) in [6, 6.07) is 0.0325. The van der Waals surface area contributed by atoms with Crippen molar-refractivity contribution in [2.45, 2.75) is 44.2 Å². The summed E-state index contributed by atoms with van der Waals surface area (Å²) in [5.41, 5.74) is 0. The molecule has 0 aromatic rings. The highest BCUT2D eigenvalue weighted by atomic mass is 16.5. The van der Waals surface area contributed by atoms with E-state index in [-0.39, 0.29) is 18.1 Å². The van der Waals surface area contributed by atoms with E-state index in [1.807, 2.05) is 0 Å². The summed E-state index contributed by atoms with van der Waals surface area (Å²) >= 11 is 0. The van der Waals surface area contributed by atoms with Gasteiger partial charge in [0, 0.05) is 20.2 Å². The monoisotopic (exact) mass is 270 g/mol. The summed E-state index contributed by atoms with van der Waals surface area (Å²) in [7, 11) is 1.71. The zero-order chi connectivity index (χ0) is 13.5. The Morgan fingerprint density at radius 2 is 2.26 bits per heavy atom. The standard InChI is InChI=1S/C14H26N2O3/c1-15-14(17)13-6-2-3-7-16(13)8-10-18-11-12-5-4-9-19-12/h12-13H,2-11H2,1H3,(H,15,17). The van der Waals surface area contributed by atoms with Gasteiger partial charge in [-0.25, -0.2) is 0 Å². The van der Waals surface area contributed by atoms with Crippen LogP contribution in [-0.4, -0.2) is 62.9 Å². The van der Waals surface area contributed by atoms with E-state index in [4.69, 9.17) is 9.47 Å². The normalized spacial score (nSPS) is 28.5. The van der Waals surface area contributed by atoms with Gasteiger partial charge in [-0.2, -0.15) is 0 Å². The number of hydrogen-bond donors (Lipinski definition) is 1. The Labute approximate surface area is 115 Å². The molecule has 2 saturated heterocycles. The maximum absolute atomic E-state index is 11.8. The number of amides is 1. The quantitative estimate of drug-likeness (QED) is 0.725. The smallest absolute Gasteiger partial charge is 0.237 e. The van der Waals surface area contributed by atoms with Gasteiger partial charge < -0.3 is 14.8 Å². The lowest BCUT2D eigenvalue weighted by atomic mass is 10.0. The van der Waals surface area contributed by atoms with Crippen molar-refractivity contribution in [3.63, 3.8) is 0 Å². The number of carbonyl (C=O) groups is 1. The summed E-state index contributed by atoms with van der Waals surface area (Å²) in [5, 5.41) is 2.76. The van der Waals surface area contributed by atoms with Crippen molar-refractivity contribution in [1.29, 1.82) is 0 Å². The van der Waals surface area contributed by atoms with Crippen LogP contribution >= 0.6 is 0 Å². The molecule has 0 aromatic carbocycles. The van der Waals surface area contributed by atoms with Crippen LogP contribution in [0.15, 0.2) is 0 Å². The van der Waals surface area contributed by atoms with Crippen LogP contribution in [0.25, 0.3) is 0 Å². The minimum absolute atomic E-state index is 0.0325. The molecule has 2 rings (SSSR count). The molecule has 0 saturated carbocycles. The first-order chi connectivity index (χ1) is 9.31. The Morgan fingerprint density at radius 1 is 1.37 bits per heavy atom. The topological polar surface area (TPSA) is 50.8 Å². The van der Waals surface area contributed by atoms with E-state index in [9.17, 15) is 4.79 Å². The molecule has 0 radical (unpaired) electrons. The van der Waals surface area contributed by atoms with Gasteiger partial charge >= 0.3 is 0 Å². The SMILES string of the molecule is CNC(=O)C1CCCCN1CCOCC1CCCO1. The lowest BCUT2D eigenvalue weighted by Crippen LogP contribution is -2.49. The van der Waals surface area contributed by atoms with E-state index in [0.717, 1.165) is 45.4 Å². The molecule has 1 N–H and O–H groups in total. The van der Waals surface area contributed by atoms with Gasteiger partial charge in [0.2, 0.25) is 5.91 Å². The number of ether oxygens (including phenoxy) is 2. The van der Waals surface area contributed by atoms with E-state index >= 15 is 0 Å². The number of likely N-dealkylation sites (N-methyl/N-ethyl adjacent to an activating group) is 1. The van der Waals surface area contributed by atoms with Gasteiger partial charge in [-0.15, -0.1) is 0 Å². The minimum Gasteiger partial charge on any atom is -0.377 e. The summed E-state index contributed by atoms with van der Waals surface area (Å²) in [6.45, 7) is 4.09. The molecular weight excluding hydrogens is 244 g/mol. The molecule has 0 bridgehead atoms. The van der Waals surface area contributed by atoms with Crippen LogP contribution < -0.4 is 5.32 Å². The molecule has 110 valence electrons. The molecule has 2 aliphatic rings. The molecule has 5 heteroatoms. The Hall–Kier alpha value is -0.650. The fourth-order valence-corrected chi connectivity index (χ4v) is 2.89. The number of hydrogen-bond acceptors (Lipinski definition) is 4. The molecular formula is C14H26N2O3. The molecule has 2 unspecified atom stereocenters. The lowest BCUT2D eigenvalue weighted by molar-refractivity contribution is -0.127. The molecule has 19 heavy (non-hydrogen) atoms. The third kappa shape index (κ3) is 4.44. The molecule has 0 aliphatic carbocycles. The van der Waals surface area contributed by atoms with Crippen molar-refractivity contribution in [2.75, 3.05) is 40.0 Å². The number of carbonyl (C=O) groups excluding carboxylic acids is 1. The van der Waals surface area contributed by atoms with Crippen LogP contribution in [-0.2, 0) is 14.3 Å². The number of piperidine rings is 1. The van der Waals surface area contributed by atoms with Crippen molar-refractivity contribution < 1.29 is 14.3 Å². The fraction of sp³-hybridized carbons (Fsp3) is 0.929. The zero-order valence-electron chi connectivity index (χ0n) is 11.9. The molecule has 0 spiro atoms. The van der Waals surface area contributed by atoms with Crippen LogP contribution in [0.4, 0.5) is 0 Å². The van der Waals surface area contributed by atoms with Crippen LogP contribution in [0.1, 0.15) is 32.1 Å². The van der Waals surface area contributed by atoms with Crippen molar-refractivity contribution in [3.8, 4) is 0 Å². The van der Waals surface area contributed by atoms with Gasteiger partial charge in [-0.05, 0) is 32.2 Å². The number of nitrogens with one attached hydrogen (secondary N) is 1. The average Bonchev–Trinajstić information content (AvgIpc) is 2.96. The lowest BCUT2D eigenvalue weighted by Gasteiger charge is -2.34. The predicted molar refractivity (Wildman–Crippen MR) is 73.1 cm³/mol. The third-order valence-corrected chi connectivity index (χ3v) is 4.01. The second kappa shape index (κ2) is 7.82. The molecule has 2 aliphatic heterocycles. The Morgan fingerprint density at radius 3 is 3.00 bits per heavy atom. The highest BCUT2D eigenvalue weighted by Gasteiger charge is 2.27. The van der Waals surface area contributed by atoms with E-state index in [1.54, 1.807) is 7.05 Å². The second-order valence-electron chi connectivity index (χ2n) is 5.37. The average molecular weight is 270 g/mol. The molecule has 1 amide bonds. The Balaban J connectivity index is 1.66. The van der Waals surface area contributed by atoms with E-state index < -0.39 is 0 Å². The first kappa shape index (κ1) is 14.8. The summed E-state index contributed by atoms with van der Waals surface area (Å²) in [6.07, 6.45) is 5.84. The minimum atomic E-state index is 0.0325. The maximum Gasteiger partial charge on any atom is 0.237 e. The predicted octanol–water partition coefficient (Wildman–Crippen LogP) is 0.783. The van der Waals surface area contributed by atoms with E-state index in [2.05, 4.69) is 10.2 Å². The first-order valence-electron chi connectivity index (χ1n) is 7.46. The first-order valence-corrected chi connectivity index (χ1v) is 7.46. The van der Waals surface area contributed by atoms with Gasteiger partial charge in [0.1, 0.15) is 0 Å². The molecule has 2 atom stereocenters. The van der Waals surface area contributed by atoms with Gasteiger partial charge in [-0.3, -0.25) is 9.69 Å². The Kier molecular flexibility index (Phi) is 6.07. The van der Waals surface area contributed by atoms with Crippen LogP contribution in [0.5, 0.6) is 0 Å². The van der Waals surface area contributed by atoms with E-state index in [0.29, 0.717) is 13.2 Å². The molecule has 2 fully saturated rings. The maximum atomic E-state index is 11.8. The van der Waals surface area contributed by atoms with Crippen molar-refractivity contribution in [1.82, 2.24) is 10.2 Å². The van der Waals surface area contributed by atoms with Crippen LogP contribution in [0.2, 0.25) is 0 Å². The van der Waals surface area contributed by atoms with Gasteiger partial charge in [0.25, 0.3) is 0 Å². The number of likely N-dealkylation sites (tertiary alicyclic amines) is 1. The van der Waals surface area contributed by atoms with Crippen molar-refractivity contribution >= 4 is 5.91 Å². The van der Waals surface area contributed by atoms with Crippen LogP contribution in [0.3, 0.4) is 0 Å². The van der Waals surface area contributed by atoms with E-state index in [1.165, 1.54) is 6.42 Å².